The number of thiophene rings is 2. The topological polar surface area (TPSA) is 196 Å². The second kappa shape index (κ2) is 19.1. The van der Waals surface area contributed by atoms with Gasteiger partial charge >= 0.3 is 0 Å². The number of aromatic amines is 1. The van der Waals surface area contributed by atoms with Crippen LogP contribution in [0.4, 0.5) is 23.0 Å². The highest BCUT2D eigenvalue weighted by Crippen LogP contribution is 2.43. The molecular weight excluding hydrogens is 861 g/mol. The molecule has 6 aromatic heterocycles. The van der Waals surface area contributed by atoms with Crippen molar-refractivity contribution in [3.63, 3.8) is 0 Å². The van der Waals surface area contributed by atoms with E-state index in [1.807, 2.05) is 42.2 Å². The van der Waals surface area contributed by atoms with Gasteiger partial charge in [0.25, 0.3) is 5.56 Å². The molecule has 338 valence electrons. The average molecular weight is 915 g/mol. The normalized spacial score (nSPS) is 16.6. The van der Waals surface area contributed by atoms with Crippen LogP contribution in [0, 0.1) is 11.8 Å². The highest BCUT2D eigenvalue weighted by molar-refractivity contribution is 7.19. The van der Waals surface area contributed by atoms with E-state index in [0.717, 1.165) is 132 Å². The second-order valence-corrected chi connectivity index (χ2v) is 19.3. The van der Waals surface area contributed by atoms with Crippen LogP contribution in [0.3, 0.4) is 0 Å². The summed E-state index contributed by atoms with van der Waals surface area (Å²) in [5.41, 5.74) is 7.12. The molecule has 3 N–H and O–H groups in total. The van der Waals surface area contributed by atoms with Gasteiger partial charge in [-0.05, 0) is 74.6 Å². The van der Waals surface area contributed by atoms with Gasteiger partial charge in [-0.25, -0.2) is 24.9 Å². The lowest BCUT2D eigenvalue weighted by Crippen LogP contribution is -2.36. The Bertz CT molecular complexity index is 2900. The van der Waals surface area contributed by atoms with E-state index in [0.29, 0.717) is 30.5 Å². The van der Waals surface area contributed by atoms with E-state index in [2.05, 4.69) is 64.4 Å². The zero-order valence-corrected chi connectivity index (χ0v) is 39.1. The molecule has 18 heteroatoms. The molecule has 0 saturated heterocycles. The third kappa shape index (κ3) is 8.97. The number of amides is 2. The maximum Gasteiger partial charge on any atom is 0.271 e. The Morgan fingerprint density at radius 1 is 0.769 bits per heavy atom. The molecule has 0 saturated carbocycles. The standard InChI is InChI=1S/C24H28N6O2S.C23H26N6O2S/c1-4-5-8-30(2)24(31)14-6-7-16-19(10-14)33-23-20(16)21(26-13-27-23)28-17-9-15-11-25-12-18(15)29-22(17)32-3;1-3-4-7-29(2)23(31)13-5-6-15-18(9-13)32-22-19(15)20(25-12-26-22)27-16-8-14-10-24-11-17(14)28-21(16)30/h9,11,13-14H,4-8,10,12H2,1-3H3,(H,26,27,28);8,10,12-13H,3-7,9,11H2,1-2H3,(H,28,30)(H,25,26,27)/t14-;13-/m00/s1. The van der Waals surface area contributed by atoms with Gasteiger partial charge in [-0.1, -0.05) is 26.7 Å². The van der Waals surface area contributed by atoms with Gasteiger partial charge in [0, 0.05) is 78.0 Å². The van der Waals surface area contributed by atoms with Crippen LogP contribution in [0.15, 0.2) is 39.6 Å². The van der Waals surface area contributed by atoms with Crippen LogP contribution in [0.2, 0.25) is 0 Å². The first-order chi connectivity index (χ1) is 31.6. The van der Waals surface area contributed by atoms with Crippen molar-refractivity contribution in [2.24, 2.45) is 21.8 Å². The smallest absolute Gasteiger partial charge is 0.271 e. The van der Waals surface area contributed by atoms with Gasteiger partial charge < -0.3 is 30.2 Å². The lowest BCUT2D eigenvalue weighted by Gasteiger charge is -2.26. The third-order valence-electron chi connectivity index (χ3n) is 12.7. The molecule has 0 fully saturated rings. The predicted molar refractivity (Wildman–Crippen MR) is 258 cm³/mol. The molecule has 0 radical (unpaired) electrons. The van der Waals surface area contributed by atoms with Gasteiger partial charge in [0.1, 0.15) is 45.3 Å². The number of methoxy groups -OCH3 is 1. The Morgan fingerprint density at radius 3 is 1.88 bits per heavy atom. The van der Waals surface area contributed by atoms with E-state index in [4.69, 9.17) is 4.74 Å². The lowest BCUT2D eigenvalue weighted by molar-refractivity contribution is -0.135. The zero-order chi connectivity index (χ0) is 45.2. The Morgan fingerprint density at radius 2 is 1.31 bits per heavy atom. The summed E-state index contributed by atoms with van der Waals surface area (Å²) in [7, 11) is 5.45. The SMILES string of the molecule is CCCCN(C)C(=O)[C@H]1CCc2c(sc3ncnc(Nc4cc5c([nH]c4=O)CN=C5)c23)C1.CCCCN(C)C(=O)[C@H]1CCc2c(sc3ncnc(Nc4cc5c(nc4OC)CN=C5)c23)C1. The van der Waals surface area contributed by atoms with Crippen molar-refractivity contribution in [1.29, 1.82) is 0 Å². The van der Waals surface area contributed by atoms with Crippen molar-refractivity contribution in [3.05, 3.63) is 78.5 Å². The summed E-state index contributed by atoms with van der Waals surface area (Å²) >= 11 is 3.31. The van der Waals surface area contributed by atoms with Crippen LogP contribution in [0.25, 0.3) is 20.4 Å². The van der Waals surface area contributed by atoms with Crippen molar-refractivity contribution in [2.45, 2.75) is 91.1 Å². The van der Waals surface area contributed by atoms with E-state index in [1.54, 1.807) is 42.3 Å². The predicted octanol–water partition coefficient (Wildman–Crippen LogP) is 7.55. The first kappa shape index (κ1) is 44.1. The minimum absolute atomic E-state index is 0.0145. The second-order valence-electron chi connectivity index (χ2n) is 17.1. The molecule has 0 aromatic carbocycles. The summed E-state index contributed by atoms with van der Waals surface area (Å²) in [6, 6.07) is 3.82. The number of hydrogen-bond acceptors (Lipinski definition) is 15. The van der Waals surface area contributed by atoms with Crippen molar-refractivity contribution >= 4 is 90.4 Å². The van der Waals surface area contributed by atoms with E-state index < -0.39 is 0 Å². The number of rotatable bonds is 13. The minimum Gasteiger partial charge on any atom is -0.480 e. The number of hydrogen-bond donors (Lipinski definition) is 3. The Balaban J connectivity index is 0.000000164. The molecule has 8 heterocycles. The zero-order valence-electron chi connectivity index (χ0n) is 37.5. The molecule has 10 rings (SSSR count). The van der Waals surface area contributed by atoms with E-state index >= 15 is 0 Å². The molecule has 0 unspecified atom stereocenters. The number of H-pyrrole nitrogens is 1. The minimum atomic E-state index is -0.189. The maximum atomic E-state index is 13.0. The fourth-order valence-electron chi connectivity index (χ4n) is 9.14. The number of fused-ring (bicyclic) bond motifs is 8. The first-order valence-corrected chi connectivity index (χ1v) is 24.1. The van der Waals surface area contributed by atoms with Gasteiger partial charge in [-0.3, -0.25) is 24.4 Å². The number of aliphatic imine (C=N–C) groups is 2. The molecule has 0 spiro atoms. The summed E-state index contributed by atoms with van der Waals surface area (Å²) in [5.74, 6) is 2.45. The molecule has 2 aliphatic heterocycles. The molecule has 2 amide bonds. The highest BCUT2D eigenvalue weighted by atomic mass is 32.1. The van der Waals surface area contributed by atoms with Crippen LogP contribution in [0.1, 0.15) is 95.8 Å². The number of carbonyl (C=O) groups is 2. The average Bonchev–Trinajstić information content (AvgIpc) is 4.14. The summed E-state index contributed by atoms with van der Waals surface area (Å²) < 4.78 is 5.53. The Hall–Kier alpha value is -6.14. The van der Waals surface area contributed by atoms with Crippen molar-refractivity contribution < 1.29 is 14.3 Å². The number of nitrogens with zero attached hydrogens (tertiary/aromatic N) is 9. The van der Waals surface area contributed by atoms with Crippen LogP contribution in [0.5, 0.6) is 5.88 Å². The number of aromatic nitrogens is 6. The van der Waals surface area contributed by atoms with Gasteiger partial charge in [0.05, 0.1) is 36.7 Å². The van der Waals surface area contributed by atoms with Crippen LogP contribution < -0.4 is 20.9 Å². The van der Waals surface area contributed by atoms with E-state index in [-0.39, 0.29) is 29.2 Å². The highest BCUT2D eigenvalue weighted by Gasteiger charge is 2.32. The number of pyridine rings is 2. The molecule has 2 aliphatic carbocycles. The number of ether oxygens (including phenoxy) is 1. The van der Waals surface area contributed by atoms with Crippen LogP contribution in [-0.4, -0.2) is 98.2 Å². The van der Waals surface area contributed by atoms with Gasteiger partial charge in [0.15, 0.2) is 0 Å². The van der Waals surface area contributed by atoms with Gasteiger partial charge in [-0.2, -0.15) is 0 Å². The fourth-order valence-corrected chi connectivity index (χ4v) is 11.7. The number of carbonyl (C=O) groups excluding carboxylic acids is 2. The monoisotopic (exact) mass is 914 g/mol. The summed E-state index contributed by atoms with van der Waals surface area (Å²) in [6.07, 6.45) is 15.8. The number of nitrogens with one attached hydrogen (secondary N) is 3. The van der Waals surface area contributed by atoms with Crippen LogP contribution in [-0.2, 0) is 48.4 Å². The Kier molecular flexibility index (Phi) is 13.0. The maximum absolute atomic E-state index is 13.0. The molecular formula is C47H54N12O4S2. The van der Waals surface area contributed by atoms with Crippen molar-refractivity contribution in [1.82, 2.24) is 39.7 Å². The quantitative estimate of drug-likeness (QED) is 0.104. The number of anilines is 4. The van der Waals surface area contributed by atoms with Gasteiger partial charge in [0.2, 0.25) is 17.7 Å². The molecule has 0 bridgehead atoms. The van der Waals surface area contributed by atoms with Gasteiger partial charge in [-0.15, -0.1) is 22.7 Å². The molecule has 6 aromatic rings. The summed E-state index contributed by atoms with van der Waals surface area (Å²) in [6.45, 7) is 7.01. The summed E-state index contributed by atoms with van der Waals surface area (Å²) in [4.78, 5) is 80.5. The first-order valence-electron chi connectivity index (χ1n) is 22.5. The third-order valence-corrected chi connectivity index (χ3v) is 15.1. The summed E-state index contributed by atoms with van der Waals surface area (Å²) in [5, 5.41) is 8.68. The van der Waals surface area contributed by atoms with Crippen molar-refractivity contribution in [3.8, 4) is 5.88 Å². The fraction of sp³-hybridized carbons (Fsp3) is 0.447. The number of aryl methyl sites for hydroxylation is 2. The molecule has 16 nitrogen and oxygen atoms in total. The Labute approximate surface area is 385 Å². The van der Waals surface area contributed by atoms with Crippen LogP contribution >= 0.6 is 22.7 Å². The molecule has 4 aliphatic rings. The largest absolute Gasteiger partial charge is 0.480 e. The molecule has 65 heavy (non-hydrogen) atoms. The lowest BCUT2D eigenvalue weighted by atomic mass is 9.87. The van der Waals surface area contributed by atoms with E-state index in [9.17, 15) is 14.4 Å². The molecule has 2 atom stereocenters. The number of unbranched alkanes of at least 4 members (excludes halogenated alkanes) is 2. The van der Waals surface area contributed by atoms with E-state index in [1.165, 1.54) is 27.2 Å². The van der Waals surface area contributed by atoms with Crippen molar-refractivity contribution in [2.75, 3.05) is 44.9 Å².